The quantitative estimate of drug-likeness (QED) is 0.830. The molecule has 2 rings (SSSR count). The summed E-state index contributed by atoms with van der Waals surface area (Å²) in [7, 11) is 0. The Hall–Kier alpha value is -1.82. The summed E-state index contributed by atoms with van der Waals surface area (Å²) < 4.78 is 1.72. The van der Waals surface area contributed by atoms with Crippen LogP contribution in [0.3, 0.4) is 0 Å². The summed E-state index contributed by atoms with van der Waals surface area (Å²) in [5.41, 5.74) is 10.1. The van der Waals surface area contributed by atoms with Crippen LogP contribution in [0.5, 0.6) is 0 Å². The number of hydrogen-bond donors (Lipinski definition) is 1. The molecule has 6 heteroatoms. The first-order chi connectivity index (χ1) is 8.40. The molecule has 2 N–H and O–H groups in total. The highest BCUT2D eigenvalue weighted by atomic mass is 32.1. The van der Waals surface area contributed by atoms with Gasteiger partial charge in [-0.3, -0.25) is 0 Å². The second kappa shape index (κ2) is 4.45. The van der Waals surface area contributed by atoms with Crippen LogP contribution in [0.1, 0.15) is 28.3 Å². The summed E-state index contributed by atoms with van der Waals surface area (Å²) in [5.74, 6) is 0.506. The van der Waals surface area contributed by atoms with E-state index in [-0.39, 0.29) is 4.99 Å². The van der Waals surface area contributed by atoms with Crippen molar-refractivity contribution in [1.82, 2.24) is 19.7 Å². The van der Waals surface area contributed by atoms with E-state index >= 15 is 0 Å². The average molecular weight is 261 g/mol. The number of aromatic nitrogens is 4. The maximum absolute atomic E-state index is 5.61. The van der Waals surface area contributed by atoms with E-state index in [0.717, 1.165) is 22.6 Å². The maximum atomic E-state index is 5.61. The van der Waals surface area contributed by atoms with Gasteiger partial charge in [-0.25, -0.2) is 14.6 Å². The van der Waals surface area contributed by atoms with Gasteiger partial charge in [-0.05, 0) is 39.3 Å². The number of nitrogens with two attached hydrogens (primary N) is 1. The molecule has 18 heavy (non-hydrogen) atoms. The summed E-state index contributed by atoms with van der Waals surface area (Å²) >= 11 is 4.95. The molecular formula is C12H15N5S. The number of thiocarbonyl (C=S) groups is 1. The highest BCUT2D eigenvalue weighted by Crippen LogP contribution is 2.14. The second-order valence-electron chi connectivity index (χ2n) is 4.27. The fraction of sp³-hybridized carbons (Fsp3) is 0.333. The first kappa shape index (κ1) is 12.6. The van der Waals surface area contributed by atoms with Crippen LogP contribution < -0.4 is 5.73 Å². The van der Waals surface area contributed by atoms with Gasteiger partial charge in [0.1, 0.15) is 10.7 Å². The summed E-state index contributed by atoms with van der Waals surface area (Å²) in [6.45, 7) is 7.86. The third kappa shape index (κ3) is 2.11. The smallest absolute Gasteiger partial charge is 0.251 e. The lowest BCUT2D eigenvalue weighted by Crippen LogP contribution is -2.15. The molecule has 94 valence electrons. The highest BCUT2D eigenvalue weighted by molar-refractivity contribution is 7.80. The first-order valence-electron chi connectivity index (χ1n) is 5.59. The van der Waals surface area contributed by atoms with Gasteiger partial charge in [-0.2, -0.15) is 5.10 Å². The zero-order valence-electron chi connectivity index (χ0n) is 10.9. The summed E-state index contributed by atoms with van der Waals surface area (Å²) in [4.78, 5) is 8.98. The number of nitrogens with zero attached hydrogens (tertiary/aromatic N) is 4. The minimum Gasteiger partial charge on any atom is -0.388 e. The van der Waals surface area contributed by atoms with Crippen molar-refractivity contribution in [2.45, 2.75) is 27.7 Å². The minimum atomic E-state index is 0.264. The van der Waals surface area contributed by atoms with E-state index < -0.39 is 0 Å². The van der Waals surface area contributed by atoms with E-state index in [9.17, 15) is 0 Å². The Bertz CT molecular complexity index is 630. The van der Waals surface area contributed by atoms with E-state index in [1.165, 1.54) is 0 Å². The van der Waals surface area contributed by atoms with Gasteiger partial charge in [-0.15, -0.1) is 0 Å². The summed E-state index contributed by atoms with van der Waals surface area (Å²) in [6.07, 6.45) is 0. The van der Waals surface area contributed by atoms with Crippen LogP contribution >= 0.6 is 12.2 Å². The average Bonchev–Trinajstić information content (AvgIpc) is 2.56. The lowest BCUT2D eigenvalue weighted by Gasteiger charge is -2.06. The molecule has 0 aromatic carbocycles. The maximum Gasteiger partial charge on any atom is 0.251 e. The third-order valence-electron chi connectivity index (χ3n) is 2.94. The van der Waals surface area contributed by atoms with Crippen LogP contribution in [0, 0.1) is 27.7 Å². The van der Waals surface area contributed by atoms with Gasteiger partial charge in [0.15, 0.2) is 0 Å². The Balaban J connectivity index is 2.63. The molecule has 0 bridgehead atoms. The normalized spacial score (nSPS) is 10.7. The van der Waals surface area contributed by atoms with Crippen LogP contribution in [0.2, 0.25) is 0 Å². The van der Waals surface area contributed by atoms with Crippen LogP contribution in [0.4, 0.5) is 0 Å². The molecule has 0 aliphatic carbocycles. The molecule has 0 spiro atoms. The Morgan fingerprint density at radius 2 is 1.89 bits per heavy atom. The fourth-order valence-electron chi connectivity index (χ4n) is 1.69. The summed E-state index contributed by atoms with van der Waals surface area (Å²) in [5, 5.41) is 4.43. The Kier molecular flexibility index (Phi) is 3.13. The van der Waals surface area contributed by atoms with Gasteiger partial charge in [0.2, 0.25) is 0 Å². The number of hydrogen-bond acceptors (Lipinski definition) is 4. The van der Waals surface area contributed by atoms with Crippen LogP contribution in [-0.2, 0) is 0 Å². The van der Waals surface area contributed by atoms with Gasteiger partial charge in [0, 0.05) is 11.4 Å². The minimum absolute atomic E-state index is 0.264. The molecule has 0 radical (unpaired) electrons. The van der Waals surface area contributed by atoms with E-state index in [1.54, 1.807) is 10.7 Å². The molecular weight excluding hydrogens is 246 g/mol. The topological polar surface area (TPSA) is 69.6 Å². The lowest BCUT2D eigenvalue weighted by atomic mass is 10.2. The van der Waals surface area contributed by atoms with Gasteiger partial charge in [-0.1, -0.05) is 12.2 Å². The molecule has 0 saturated heterocycles. The van der Waals surface area contributed by atoms with E-state index in [4.69, 9.17) is 18.0 Å². The summed E-state index contributed by atoms with van der Waals surface area (Å²) in [6, 6.07) is 1.77. The highest BCUT2D eigenvalue weighted by Gasteiger charge is 2.13. The van der Waals surface area contributed by atoms with Crippen LogP contribution in [-0.4, -0.2) is 24.7 Å². The zero-order chi connectivity index (χ0) is 13.4. The monoisotopic (exact) mass is 261 g/mol. The van der Waals surface area contributed by atoms with Crippen LogP contribution in [0.15, 0.2) is 6.07 Å². The van der Waals surface area contributed by atoms with Crippen molar-refractivity contribution in [3.05, 3.63) is 34.4 Å². The van der Waals surface area contributed by atoms with E-state index in [0.29, 0.717) is 11.6 Å². The Labute approximate surface area is 111 Å². The molecule has 2 heterocycles. The van der Waals surface area contributed by atoms with Crippen molar-refractivity contribution in [3.8, 4) is 5.95 Å². The molecule has 0 atom stereocenters. The van der Waals surface area contributed by atoms with Crippen molar-refractivity contribution >= 4 is 17.2 Å². The standard InChI is InChI=1S/C12H15N5S/c1-6-5-10(11(13)18)15-12(14-6)17-9(4)7(2)8(3)16-17/h5H,1-4H3,(H2,13,18). The Morgan fingerprint density at radius 3 is 2.39 bits per heavy atom. The molecule has 5 nitrogen and oxygen atoms in total. The van der Waals surface area contributed by atoms with Gasteiger partial charge in [0.25, 0.3) is 5.95 Å². The van der Waals surface area contributed by atoms with Gasteiger partial charge >= 0.3 is 0 Å². The van der Waals surface area contributed by atoms with E-state index in [2.05, 4.69) is 15.1 Å². The first-order valence-corrected chi connectivity index (χ1v) is 5.99. The van der Waals surface area contributed by atoms with Crippen LogP contribution in [0.25, 0.3) is 5.95 Å². The van der Waals surface area contributed by atoms with Crippen molar-refractivity contribution in [2.24, 2.45) is 5.73 Å². The van der Waals surface area contributed by atoms with Crippen molar-refractivity contribution in [3.63, 3.8) is 0 Å². The molecule has 0 aliphatic rings. The van der Waals surface area contributed by atoms with Crippen molar-refractivity contribution in [1.29, 1.82) is 0 Å². The predicted molar refractivity (Wildman–Crippen MR) is 74.0 cm³/mol. The van der Waals surface area contributed by atoms with Crippen molar-refractivity contribution in [2.75, 3.05) is 0 Å². The van der Waals surface area contributed by atoms with Crippen molar-refractivity contribution < 1.29 is 0 Å². The second-order valence-corrected chi connectivity index (χ2v) is 4.71. The molecule has 2 aromatic heterocycles. The van der Waals surface area contributed by atoms with E-state index in [1.807, 2.05) is 27.7 Å². The molecule has 0 amide bonds. The molecule has 0 aliphatic heterocycles. The molecule has 0 fully saturated rings. The number of aryl methyl sites for hydroxylation is 2. The third-order valence-corrected chi connectivity index (χ3v) is 3.15. The Morgan fingerprint density at radius 1 is 1.22 bits per heavy atom. The van der Waals surface area contributed by atoms with Gasteiger partial charge in [0.05, 0.1) is 5.69 Å². The van der Waals surface area contributed by atoms with Gasteiger partial charge < -0.3 is 5.73 Å². The SMILES string of the molecule is Cc1cc(C(N)=S)nc(-n2nc(C)c(C)c2C)n1. The number of rotatable bonds is 2. The molecule has 0 saturated carbocycles. The molecule has 0 unspecified atom stereocenters. The predicted octanol–water partition coefficient (Wildman–Crippen LogP) is 1.53. The lowest BCUT2D eigenvalue weighted by molar-refractivity contribution is 0.766. The zero-order valence-corrected chi connectivity index (χ0v) is 11.7. The molecule has 2 aromatic rings. The largest absolute Gasteiger partial charge is 0.388 e. The fourth-order valence-corrected chi connectivity index (χ4v) is 1.79.